The second kappa shape index (κ2) is 55.7. The summed E-state index contributed by atoms with van der Waals surface area (Å²) in [5.74, 6) is -0.899. The number of hydrogen-bond donors (Lipinski definition) is 0. The molecule has 388 valence electrons. The molecule has 0 aliphatic heterocycles. The fourth-order valence-corrected chi connectivity index (χ4v) is 8.09. The van der Waals surface area contributed by atoms with E-state index < -0.39 is 6.10 Å². The van der Waals surface area contributed by atoms with E-state index in [0.717, 1.165) is 83.5 Å². The van der Waals surface area contributed by atoms with Crippen LogP contribution in [0.2, 0.25) is 0 Å². The molecule has 0 radical (unpaired) electrons. The summed E-state index contributed by atoms with van der Waals surface area (Å²) in [4.78, 5) is 38.1. The summed E-state index contributed by atoms with van der Waals surface area (Å²) in [6.07, 6.45) is 69.2. The van der Waals surface area contributed by atoms with Crippen LogP contribution in [0.25, 0.3) is 0 Å². The minimum absolute atomic E-state index is 0.0837. The minimum atomic E-state index is -0.785. The SMILES string of the molecule is CCCCC/C=C\C/C=C\C/C=C\CCCCCCCCC(=O)OCC(COC(=O)CCCCCCC/C=C\CCCCCC)OC(=O)CCCCCCCCC/C=C\CCCCCCCC. The summed E-state index contributed by atoms with van der Waals surface area (Å²) in [5, 5.41) is 0. The molecule has 67 heavy (non-hydrogen) atoms. The van der Waals surface area contributed by atoms with Gasteiger partial charge < -0.3 is 14.2 Å². The van der Waals surface area contributed by atoms with Crippen molar-refractivity contribution in [2.45, 2.75) is 297 Å². The van der Waals surface area contributed by atoms with E-state index in [0.29, 0.717) is 19.3 Å². The van der Waals surface area contributed by atoms with Gasteiger partial charge in [0, 0.05) is 19.3 Å². The molecule has 0 fully saturated rings. The van der Waals surface area contributed by atoms with Crippen LogP contribution in [0.4, 0.5) is 0 Å². The standard InChI is InChI=1S/C61H108O6/c1-4-7-10-13-16-19-22-25-27-29-30-32-33-36-39-42-45-48-51-54-60(63)66-57-58(56-65-59(62)53-50-47-44-41-38-35-24-21-18-15-12-9-6-3)67-61(64)55-52-49-46-43-40-37-34-31-28-26-23-20-17-14-11-8-5-2/h16,19,21,24-28,30,32,58H,4-15,17-18,20,22-23,29,31,33-57H2,1-3H3/b19-16-,24-21-,27-25-,28-26-,32-30-. The minimum Gasteiger partial charge on any atom is -0.462 e. The molecular weight excluding hydrogens is 829 g/mol. The van der Waals surface area contributed by atoms with Gasteiger partial charge in [-0.2, -0.15) is 0 Å². The Morgan fingerprint density at radius 3 is 0.896 bits per heavy atom. The molecule has 1 atom stereocenters. The van der Waals surface area contributed by atoms with Crippen LogP contribution in [0.3, 0.4) is 0 Å². The van der Waals surface area contributed by atoms with Gasteiger partial charge in [-0.15, -0.1) is 0 Å². The molecule has 0 bridgehead atoms. The normalized spacial score (nSPS) is 12.5. The van der Waals surface area contributed by atoms with E-state index in [-0.39, 0.29) is 31.1 Å². The molecule has 0 aliphatic rings. The van der Waals surface area contributed by atoms with E-state index in [9.17, 15) is 14.4 Å². The van der Waals surface area contributed by atoms with Crippen molar-refractivity contribution < 1.29 is 28.6 Å². The molecule has 0 aromatic carbocycles. The zero-order chi connectivity index (χ0) is 48.6. The number of rotatable bonds is 52. The topological polar surface area (TPSA) is 78.9 Å². The van der Waals surface area contributed by atoms with Crippen molar-refractivity contribution in [1.82, 2.24) is 0 Å². The van der Waals surface area contributed by atoms with Crippen LogP contribution in [0.1, 0.15) is 290 Å². The van der Waals surface area contributed by atoms with E-state index in [2.05, 4.69) is 81.5 Å². The lowest BCUT2D eigenvalue weighted by atomic mass is 10.1. The molecule has 6 heteroatoms. The van der Waals surface area contributed by atoms with Crippen molar-refractivity contribution >= 4 is 17.9 Å². The molecule has 0 aromatic rings. The van der Waals surface area contributed by atoms with Gasteiger partial charge in [0.1, 0.15) is 13.2 Å². The van der Waals surface area contributed by atoms with E-state index >= 15 is 0 Å². The van der Waals surface area contributed by atoms with Crippen LogP contribution in [0, 0.1) is 0 Å². The van der Waals surface area contributed by atoms with Crippen molar-refractivity contribution in [3.8, 4) is 0 Å². The van der Waals surface area contributed by atoms with E-state index in [1.165, 1.54) is 167 Å². The second-order valence-corrected chi connectivity index (χ2v) is 19.2. The Bertz CT molecular complexity index is 1210. The Hall–Kier alpha value is -2.89. The van der Waals surface area contributed by atoms with Gasteiger partial charge in [-0.05, 0) is 109 Å². The number of hydrogen-bond acceptors (Lipinski definition) is 6. The molecule has 0 saturated heterocycles. The lowest BCUT2D eigenvalue weighted by Gasteiger charge is -2.18. The van der Waals surface area contributed by atoms with Gasteiger partial charge in [-0.1, -0.05) is 223 Å². The summed E-state index contributed by atoms with van der Waals surface area (Å²) in [6, 6.07) is 0. The molecule has 0 aliphatic carbocycles. The predicted molar refractivity (Wildman–Crippen MR) is 288 cm³/mol. The van der Waals surface area contributed by atoms with Gasteiger partial charge in [0.15, 0.2) is 6.10 Å². The van der Waals surface area contributed by atoms with Gasteiger partial charge in [-0.25, -0.2) is 0 Å². The van der Waals surface area contributed by atoms with Crippen molar-refractivity contribution in [1.29, 1.82) is 0 Å². The summed E-state index contributed by atoms with van der Waals surface area (Å²) in [5.41, 5.74) is 0. The van der Waals surface area contributed by atoms with Crippen LogP contribution < -0.4 is 0 Å². The molecule has 1 unspecified atom stereocenters. The number of unbranched alkanes of at least 4 members (excludes halogenated alkanes) is 31. The quantitative estimate of drug-likeness (QED) is 0.0262. The van der Waals surface area contributed by atoms with Gasteiger partial charge in [-0.3, -0.25) is 14.4 Å². The largest absolute Gasteiger partial charge is 0.462 e. The third-order valence-corrected chi connectivity index (χ3v) is 12.5. The molecular formula is C61H108O6. The molecule has 0 spiro atoms. The summed E-state index contributed by atoms with van der Waals surface area (Å²) in [7, 11) is 0. The highest BCUT2D eigenvalue weighted by molar-refractivity contribution is 5.71. The Balaban J connectivity index is 4.39. The molecule has 0 saturated carbocycles. The van der Waals surface area contributed by atoms with Gasteiger partial charge in [0.2, 0.25) is 0 Å². The Labute approximate surface area is 415 Å². The Morgan fingerprint density at radius 1 is 0.299 bits per heavy atom. The molecule has 0 N–H and O–H groups in total. The maximum atomic E-state index is 12.9. The van der Waals surface area contributed by atoms with Crippen molar-refractivity contribution in [3.05, 3.63) is 60.8 Å². The average Bonchev–Trinajstić information content (AvgIpc) is 3.33. The first kappa shape index (κ1) is 64.1. The zero-order valence-corrected chi connectivity index (χ0v) is 44.4. The first-order valence-corrected chi connectivity index (χ1v) is 28.8. The van der Waals surface area contributed by atoms with Crippen molar-refractivity contribution in [2.24, 2.45) is 0 Å². The fraction of sp³-hybridized carbons (Fsp3) is 0.787. The van der Waals surface area contributed by atoms with Crippen LogP contribution >= 0.6 is 0 Å². The first-order valence-electron chi connectivity index (χ1n) is 28.8. The number of esters is 3. The third-order valence-electron chi connectivity index (χ3n) is 12.5. The van der Waals surface area contributed by atoms with Gasteiger partial charge >= 0.3 is 17.9 Å². The molecule has 0 rings (SSSR count). The van der Waals surface area contributed by atoms with Crippen LogP contribution in [-0.2, 0) is 28.6 Å². The Kier molecular flexibility index (Phi) is 53.3. The fourth-order valence-electron chi connectivity index (χ4n) is 8.09. The van der Waals surface area contributed by atoms with Gasteiger partial charge in [0.25, 0.3) is 0 Å². The van der Waals surface area contributed by atoms with E-state index in [1.807, 2.05) is 0 Å². The maximum absolute atomic E-state index is 12.9. The first-order chi connectivity index (χ1) is 33.0. The monoisotopic (exact) mass is 937 g/mol. The lowest BCUT2D eigenvalue weighted by Crippen LogP contribution is -2.30. The molecule has 0 heterocycles. The predicted octanol–water partition coefficient (Wildman–Crippen LogP) is 19.2. The summed E-state index contributed by atoms with van der Waals surface area (Å²) < 4.78 is 16.9. The molecule has 0 aromatic heterocycles. The highest BCUT2D eigenvalue weighted by Gasteiger charge is 2.19. The number of ether oxygens (including phenoxy) is 3. The Morgan fingerprint density at radius 2 is 0.537 bits per heavy atom. The van der Waals surface area contributed by atoms with E-state index in [4.69, 9.17) is 14.2 Å². The van der Waals surface area contributed by atoms with Crippen LogP contribution in [0.5, 0.6) is 0 Å². The zero-order valence-electron chi connectivity index (χ0n) is 44.4. The number of carbonyl (C=O) groups excluding carboxylic acids is 3. The van der Waals surface area contributed by atoms with Crippen molar-refractivity contribution in [2.75, 3.05) is 13.2 Å². The molecule has 6 nitrogen and oxygen atoms in total. The average molecular weight is 938 g/mol. The number of carbonyl (C=O) groups is 3. The highest BCUT2D eigenvalue weighted by atomic mass is 16.6. The summed E-state index contributed by atoms with van der Waals surface area (Å²) >= 11 is 0. The van der Waals surface area contributed by atoms with E-state index in [1.54, 1.807) is 0 Å². The maximum Gasteiger partial charge on any atom is 0.306 e. The third kappa shape index (κ3) is 53.9. The highest BCUT2D eigenvalue weighted by Crippen LogP contribution is 2.15. The van der Waals surface area contributed by atoms with Crippen molar-refractivity contribution in [3.63, 3.8) is 0 Å². The van der Waals surface area contributed by atoms with Crippen LogP contribution in [-0.4, -0.2) is 37.2 Å². The second-order valence-electron chi connectivity index (χ2n) is 19.2. The smallest absolute Gasteiger partial charge is 0.306 e. The summed E-state index contributed by atoms with van der Waals surface area (Å²) in [6.45, 7) is 6.59. The lowest BCUT2D eigenvalue weighted by molar-refractivity contribution is -0.167. The van der Waals surface area contributed by atoms with Crippen LogP contribution in [0.15, 0.2) is 60.8 Å². The van der Waals surface area contributed by atoms with Gasteiger partial charge in [0.05, 0.1) is 0 Å². The molecule has 0 amide bonds. The number of allylic oxidation sites excluding steroid dienone is 10.